The summed E-state index contributed by atoms with van der Waals surface area (Å²) < 4.78 is 0. The van der Waals surface area contributed by atoms with E-state index < -0.39 is 0 Å². The number of aldehydes is 1. The van der Waals surface area contributed by atoms with Crippen LogP contribution in [0.25, 0.3) is 0 Å². The van der Waals surface area contributed by atoms with Crippen LogP contribution in [0.15, 0.2) is 23.8 Å². The van der Waals surface area contributed by atoms with Gasteiger partial charge in [0.15, 0.2) is 0 Å². The summed E-state index contributed by atoms with van der Waals surface area (Å²) in [6.45, 7) is 8.60. The first kappa shape index (κ1) is 17.6. The normalized spacial score (nSPS) is 46.8. The highest BCUT2D eigenvalue weighted by Crippen LogP contribution is 2.65. The molecular weight excluding hydrogens is 296 g/mol. The number of hydrogen-bond acceptors (Lipinski definition) is 2. The molecule has 24 heavy (non-hydrogen) atoms. The van der Waals surface area contributed by atoms with Crippen molar-refractivity contribution < 1.29 is 9.59 Å². The molecule has 0 N–H and O–H groups in total. The highest BCUT2D eigenvalue weighted by Gasteiger charge is 2.58. The molecule has 3 fully saturated rings. The van der Waals surface area contributed by atoms with Gasteiger partial charge in [-0.05, 0) is 81.6 Å². The second kappa shape index (κ2) is 6.28. The molecule has 4 unspecified atom stereocenters. The Morgan fingerprint density at radius 1 is 1.12 bits per heavy atom. The van der Waals surface area contributed by atoms with Crippen LogP contribution in [0, 0.1) is 34.5 Å². The van der Waals surface area contributed by atoms with Crippen molar-refractivity contribution in [2.45, 2.75) is 66.2 Å². The topological polar surface area (TPSA) is 34.1 Å². The van der Waals surface area contributed by atoms with E-state index in [1.54, 1.807) is 6.92 Å². The zero-order valence-corrected chi connectivity index (χ0v) is 15.7. The Bertz CT molecular complexity index is 587. The van der Waals surface area contributed by atoms with Crippen LogP contribution in [-0.4, -0.2) is 12.1 Å². The Hall–Kier alpha value is -1.18. The van der Waals surface area contributed by atoms with Gasteiger partial charge in [0, 0.05) is 11.3 Å². The van der Waals surface area contributed by atoms with Crippen molar-refractivity contribution in [3.8, 4) is 0 Å². The number of rotatable bonds is 3. The molecule has 3 aliphatic carbocycles. The molecule has 2 nitrogen and oxygen atoms in total. The summed E-state index contributed by atoms with van der Waals surface area (Å²) in [5.41, 5.74) is 1.52. The molecule has 0 amide bonds. The number of fused-ring (bicyclic) bond motifs is 3. The maximum absolute atomic E-state index is 12.2. The van der Waals surface area contributed by atoms with Gasteiger partial charge in [-0.25, -0.2) is 0 Å². The molecule has 3 aliphatic rings. The van der Waals surface area contributed by atoms with Crippen molar-refractivity contribution in [3.63, 3.8) is 0 Å². The van der Waals surface area contributed by atoms with Gasteiger partial charge in [0.25, 0.3) is 0 Å². The second-order valence-corrected chi connectivity index (χ2v) is 8.81. The molecule has 0 aliphatic heterocycles. The van der Waals surface area contributed by atoms with Crippen molar-refractivity contribution in [2.24, 2.45) is 34.5 Å². The predicted octanol–water partition coefficient (Wildman–Crippen LogP) is 5.14. The molecule has 2 heteroatoms. The van der Waals surface area contributed by atoms with Crippen LogP contribution < -0.4 is 0 Å². The molecule has 0 aromatic heterocycles. The molecule has 3 rings (SSSR count). The summed E-state index contributed by atoms with van der Waals surface area (Å²) in [5, 5.41) is 0. The summed E-state index contributed by atoms with van der Waals surface area (Å²) >= 11 is 0. The van der Waals surface area contributed by atoms with Gasteiger partial charge in [-0.1, -0.05) is 31.6 Å². The minimum Gasteiger partial charge on any atom is -0.300 e. The van der Waals surface area contributed by atoms with Crippen molar-refractivity contribution in [3.05, 3.63) is 23.8 Å². The first-order valence-electron chi connectivity index (χ1n) is 9.67. The summed E-state index contributed by atoms with van der Waals surface area (Å²) in [7, 11) is 0. The SMILES string of the molecule is C/C=C\[C@@]1(C)/C(=C\C=O)CCC2C3CC[C@H](C(C)=O)C3(C)CCC21. The Balaban J connectivity index is 1.96. The van der Waals surface area contributed by atoms with Crippen molar-refractivity contribution in [2.75, 3.05) is 0 Å². The van der Waals surface area contributed by atoms with Crippen molar-refractivity contribution >= 4 is 12.1 Å². The highest BCUT2D eigenvalue weighted by molar-refractivity contribution is 5.79. The van der Waals surface area contributed by atoms with E-state index in [-0.39, 0.29) is 16.7 Å². The molecule has 0 radical (unpaired) electrons. The summed E-state index contributed by atoms with van der Waals surface area (Å²) in [6.07, 6.45) is 14.1. The monoisotopic (exact) mass is 328 g/mol. The molecule has 0 bridgehead atoms. The molecule has 132 valence electrons. The second-order valence-electron chi connectivity index (χ2n) is 8.81. The van der Waals surface area contributed by atoms with Crippen LogP contribution in [0.1, 0.15) is 66.2 Å². The van der Waals surface area contributed by atoms with Gasteiger partial charge in [0.05, 0.1) is 0 Å². The first-order valence-corrected chi connectivity index (χ1v) is 9.67. The van der Waals surface area contributed by atoms with Gasteiger partial charge in [-0.3, -0.25) is 9.59 Å². The van der Waals surface area contributed by atoms with Gasteiger partial charge in [-0.15, -0.1) is 0 Å². The van der Waals surface area contributed by atoms with Crippen LogP contribution in [0.4, 0.5) is 0 Å². The van der Waals surface area contributed by atoms with Gasteiger partial charge >= 0.3 is 0 Å². The van der Waals surface area contributed by atoms with E-state index >= 15 is 0 Å². The van der Waals surface area contributed by atoms with E-state index in [4.69, 9.17) is 0 Å². The lowest BCUT2D eigenvalue weighted by Gasteiger charge is -2.56. The van der Waals surface area contributed by atoms with Crippen LogP contribution in [0.5, 0.6) is 0 Å². The maximum Gasteiger partial charge on any atom is 0.142 e. The number of hydrogen-bond donors (Lipinski definition) is 0. The molecule has 0 heterocycles. The zero-order chi connectivity index (χ0) is 17.5. The van der Waals surface area contributed by atoms with Crippen LogP contribution in [0.3, 0.4) is 0 Å². The summed E-state index contributed by atoms with van der Waals surface area (Å²) in [5.74, 6) is 2.64. The van der Waals surface area contributed by atoms with Gasteiger partial charge < -0.3 is 0 Å². The molecule has 3 saturated carbocycles. The van der Waals surface area contributed by atoms with Gasteiger partial charge in [0.1, 0.15) is 12.1 Å². The lowest BCUT2D eigenvalue weighted by Crippen LogP contribution is -2.49. The highest BCUT2D eigenvalue weighted by atomic mass is 16.1. The Morgan fingerprint density at radius 2 is 1.88 bits per heavy atom. The van der Waals surface area contributed by atoms with Crippen molar-refractivity contribution in [1.82, 2.24) is 0 Å². The Morgan fingerprint density at radius 3 is 2.50 bits per heavy atom. The summed E-state index contributed by atoms with van der Waals surface area (Å²) in [6, 6.07) is 0. The molecule has 0 aromatic carbocycles. The minimum atomic E-state index is 0.00815. The smallest absolute Gasteiger partial charge is 0.142 e. The number of ketones is 1. The third-order valence-corrected chi connectivity index (χ3v) is 7.92. The van der Waals surface area contributed by atoms with Crippen LogP contribution in [-0.2, 0) is 9.59 Å². The zero-order valence-electron chi connectivity index (χ0n) is 15.7. The number of carbonyl (C=O) groups excluding carboxylic acids is 2. The number of allylic oxidation sites excluding steroid dienone is 4. The largest absolute Gasteiger partial charge is 0.300 e. The molecular formula is C22H32O2. The predicted molar refractivity (Wildman–Crippen MR) is 97.5 cm³/mol. The third kappa shape index (κ3) is 2.45. The van der Waals surface area contributed by atoms with E-state index in [1.165, 1.54) is 24.8 Å². The lowest BCUT2D eigenvalue weighted by atomic mass is 9.48. The van der Waals surface area contributed by atoms with Gasteiger partial charge in [-0.2, -0.15) is 0 Å². The average Bonchev–Trinajstić information content (AvgIpc) is 2.88. The fraction of sp³-hybridized carbons (Fsp3) is 0.727. The van der Waals surface area contributed by atoms with E-state index in [0.717, 1.165) is 25.5 Å². The Kier molecular flexibility index (Phi) is 4.61. The van der Waals surface area contributed by atoms with E-state index in [9.17, 15) is 9.59 Å². The molecule has 6 atom stereocenters. The maximum atomic E-state index is 12.2. The summed E-state index contributed by atoms with van der Waals surface area (Å²) in [4.78, 5) is 23.3. The third-order valence-electron chi connectivity index (χ3n) is 7.92. The quantitative estimate of drug-likeness (QED) is 0.408. The van der Waals surface area contributed by atoms with E-state index in [1.807, 2.05) is 6.08 Å². The molecule has 0 saturated heterocycles. The van der Waals surface area contributed by atoms with E-state index in [2.05, 4.69) is 32.9 Å². The van der Waals surface area contributed by atoms with Gasteiger partial charge in [0.2, 0.25) is 0 Å². The van der Waals surface area contributed by atoms with Crippen LogP contribution >= 0.6 is 0 Å². The number of carbonyl (C=O) groups is 2. The van der Waals surface area contributed by atoms with Crippen molar-refractivity contribution in [1.29, 1.82) is 0 Å². The number of Topliss-reactive ketones (excluding diaryl/α,β-unsaturated/α-hetero) is 1. The molecule has 0 aromatic rings. The van der Waals surface area contributed by atoms with E-state index in [0.29, 0.717) is 23.5 Å². The average molecular weight is 328 g/mol. The lowest BCUT2D eigenvalue weighted by molar-refractivity contribution is -0.127. The van der Waals surface area contributed by atoms with Crippen LogP contribution in [0.2, 0.25) is 0 Å². The fourth-order valence-corrected chi connectivity index (χ4v) is 6.85. The first-order chi connectivity index (χ1) is 11.4. The standard InChI is InChI=1S/C22H32O2/c1-5-12-21(3)16(11-14-23)6-7-17-19-9-8-18(15(2)24)22(19,4)13-10-20(17)21/h5,11-12,14,17-20H,6-10,13H2,1-4H3/b12-5-,16-11-/t17?,18-,19?,20?,21+,22?/m1/s1. The minimum absolute atomic E-state index is 0.00815. The molecule has 0 spiro atoms. The fourth-order valence-electron chi connectivity index (χ4n) is 6.85. The Labute approximate surface area is 146 Å².